The van der Waals surface area contributed by atoms with Crippen molar-refractivity contribution in [3.8, 4) is 0 Å². The Morgan fingerprint density at radius 1 is 1.17 bits per heavy atom. The van der Waals surface area contributed by atoms with Gasteiger partial charge in [0.2, 0.25) is 0 Å². The van der Waals surface area contributed by atoms with Crippen molar-refractivity contribution in [3.05, 3.63) is 0 Å². The summed E-state index contributed by atoms with van der Waals surface area (Å²) in [5, 5.41) is 0. The first-order valence-electron chi connectivity index (χ1n) is 7.85. The third-order valence-electron chi connectivity index (χ3n) is 5.56. The van der Waals surface area contributed by atoms with Crippen LogP contribution in [0.1, 0.15) is 59.8 Å². The summed E-state index contributed by atoms with van der Waals surface area (Å²) in [4.78, 5) is 2.76. The molecule has 2 rings (SSSR count). The second-order valence-corrected chi connectivity index (χ2v) is 7.78. The number of rotatable bonds is 2. The van der Waals surface area contributed by atoms with Gasteiger partial charge in [0.15, 0.2) is 0 Å². The maximum Gasteiger partial charge on any atom is 0.0362 e. The molecule has 18 heavy (non-hydrogen) atoms. The molecule has 0 spiro atoms. The first kappa shape index (κ1) is 14.3. The molecule has 2 nitrogen and oxygen atoms in total. The van der Waals surface area contributed by atoms with Crippen molar-refractivity contribution in [2.24, 2.45) is 23.0 Å². The molecule has 3 unspecified atom stereocenters. The zero-order chi connectivity index (χ0) is 13.4. The predicted molar refractivity (Wildman–Crippen MR) is 78.6 cm³/mol. The highest BCUT2D eigenvalue weighted by Crippen LogP contribution is 2.50. The lowest BCUT2D eigenvalue weighted by molar-refractivity contribution is 0.0613. The second-order valence-electron chi connectivity index (χ2n) is 7.78. The third-order valence-corrected chi connectivity index (χ3v) is 5.56. The van der Waals surface area contributed by atoms with Gasteiger partial charge in [-0.15, -0.1) is 0 Å². The molecule has 0 bridgehead atoms. The molecule has 2 aliphatic rings. The summed E-state index contributed by atoms with van der Waals surface area (Å²) < 4.78 is 0. The summed E-state index contributed by atoms with van der Waals surface area (Å²) >= 11 is 0. The lowest BCUT2D eigenvalue weighted by Crippen LogP contribution is -2.56. The van der Waals surface area contributed by atoms with E-state index >= 15 is 0 Å². The average molecular weight is 252 g/mol. The normalized spacial score (nSPS) is 41.8. The number of nitrogens with two attached hydrogens (primary N) is 1. The van der Waals surface area contributed by atoms with Crippen LogP contribution in [0.5, 0.6) is 0 Å². The van der Waals surface area contributed by atoms with E-state index in [1.165, 1.54) is 45.2 Å². The van der Waals surface area contributed by atoms with Gasteiger partial charge in [0, 0.05) is 12.1 Å². The highest BCUT2D eigenvalue weighted by molar-refractivity contribution is 5.06. The van der Waals surface area contributed by atoms with Gasteiger partial charge in [0.1, 0.15) is 0 Å². The average Bonchev–Trinajstić information content (AvgIpc) is 2.44. The second kappa shape index (κ2) is 5.13. The van der Waals surface area contributed by atoms with Crippen LogP contribution in [0.15, 0.2) is 0 Å². The van der Waals surface area contributed by atoms with Crippen molar-refractivity contribution in [3.63, 3.8) is 0 Å². The maximum atomic E-state index is 6.26. The molecule has 0 aromatic carbocycles. The van der Waals surface area contributed by atoms with E-state index in [0.717, 1.165) is 18.4 Å². The molecule has 1 saturated heterocycles. The fraction of sp³-hybridized carbons (Fsp3) is 1.00. The maximum absolute atomic E-state index is 6.26. The van der Waals surface area contributed by atoms with E-state index in [2.05, 4.69) is 32.6 Å². The lowest BCUT2D eigenvalue weighted by atomic mass is 9.84. The molecule has 0 radical (unpaired) electrons. The Morgan fingerprint density at radius 3 is 2.44 bits per heavy atom. The SMILES string of the molecule is CC1CCCN(C2(CN)CC(C)(C)CC2C)CC1. The topological polar surface area (TPSA) is 29.3 Å². The first-order chi connectivity index (χ1) is 8.39. The largest absolute Gasteiger partial charge is 0.329 e. The van der Waals surface area contributed by atoms with Gasteiger partial charge in [0.05, 0.1) is 0 Å². The molecular formula is C16H32N2. The van der Waals surface area contributed by atoms with E-state index in [1.54, 1.807) is 0 Å². The van der Waals surface area contributed by atoms with Gasteiger partial charge in [-0.25, -0.2) is 0 Å². The summed E-state index contributed by atoms with van der Waals surface area (Å²) in [7, 11) is 0. The molecule has 0 aromatic rings. The Kier molecular flexibility index (Phi) is 4.08. The smallest absolute Gasteiger partial charge is 0.0362 e. The van der Waals surface area contributed by atoms with Gasteiger partial charge in [0.25, 0.3) is 0 Å². The van der Waals surface area contributed by atoms with Gasteiger partial charge >= 0.3 is 0 Å². The first-order valence-corrected chi connectivity index (χ1v) is 7.85. The zero-order valence-corrected chi connectivity index (χ0v) is 12.8. The van der Waals surface area contributed by atoms with Gasteiger partial charge < -0.3 is 5.73 Å². The van der Waals surface area contributed by atoms with Gasteiger partial charge in [-0.3, -0.25) is 4.90 Å². The van der Waals surface area contributed by atoms with Crippen LogP contribution in [0.3, 0.4) is 0 Å². The van der Waals surface area contributed by atoms with Crippen molar-refractivity contribution >= 4 is 0 Å². The van der Waals surface area contributed by atoms with Crippen LogP contribution in [-0.2, 0) is 0 Å². The number of hydrogen-bond acceptors (Lipinski definition) is 2. The fourth-order valence-electron chi connectivity index (χ4n) is 4.63. The predicted octanol–water partition coefficient (Wildman–Crippen LogP) is 3.26. The lowest BCUT2D eigenvalue weighted by Gasteiger charge is -2.44. The monoisotopic (exact) mass is 252 g/mol. The van der Waals surface area contributed by atoms with Crippen LogP contribution in [0, 0.1) is 17.3 Å². The van der Waals surface area contributed by atoms with Crippen LogP contribution in [-0.4, -0.2) is 30.1 Å². The molecule has 0 amide bonds. The summed E-state index contributed by atoms with van der Waals surface area (Å²) in [6.45, 7) is 13.0. The van der Waals surface area contributed by atoms with E-state index in [4.69, 9.17) is 5.73 Å². The van der Waals surface area contributed by atoms with E-state index in [9.17, 15) is 0 Å². The molecule has 2 heteroatoms. The van der Waals surface area contributed by atoms with Crippen LogP contribution in [0.2, 0.25) is 0 Å². The number of likely N-dealkylation sites (tertiary alicyclic amines) is 1. The molecule has 2 N–H and O–H groups in total. The van der Waals surface area contributed by atoms with Crippen molar-refractivity contribution in [1.29, 1.82) is 0 Å². The molecule has 1 aliphatic carbocycles. The quantitative estimate of drug-likeness (QED) is 0.817. The van der Waals surface area contributed by atoms with E-state index in [-0.39, 0.29) is 5.54 Å². The minimum absolute atomic E-state index is 0.285. The summed E-state index contributed by atoms with van der Waals surface area (Å²) in [5.74, 6) is 1.64. The Morgan fingerprint density at radius 2 is 1.89 bits per heavy atom. The molecule has 2 fully saturated rings. The van der Waals surface area contributed by atoms with Crippen molar-refractivity contribution in [2.45, 2.75) is 65.3 Å². The Balaban J connectivity index is 2.16. The van der Waals surface area contributed by atoms with E-state index in [0.29, 0.717) is 5.41 Å². The third kappa shape index (κ3) is 2.60. The highest BCUT2D eigenvalue weighted by Gasteiger charge is 2.50. The van der Waals surface area contributed by atoms with Gasteiger partial charge in [-0.1, -0.05) is 27.7 Å². The summed E-state index contributed by atoms with van der Waals surface area (Å²) in [6, 6.07) is 0. The molecule has 1 saturated carbocycles. The van der Waals surface area contributed by atoms with E-state index in [1.807, 2.05) is 0 Å². The van der Waals surface area contributed by atoms with Gasteiger partial charge in [-0.2, -0.15) is 0 Å². The molecule has 0 aromatic heterocycles. The molecular weight excluding hydrogens is 220 g/mol. The zero-order valence-electron chi connectivity index (χ0n) is 12.8. The summed E-state index contributed by atoms with van der Waals surface area (Å²) in [5.41, 5.74) is 7.01. The van der Waals surface area contributed by atoms with Crippen LogP contribution in [0.25, 0.3) is 0 Å². The molecule has 106 valence electrons. The minimum atomic E-state index is 0.285. The summed E-state index contributed by atoms with van der Waals surface area (Å²) in [6.07, 6.45) is 6.72. The standard InChI is InChI=1S/C16H32N2/c1-13-6-5-8-18(9-7-13)16(12-17)11-15(3,4)10-14(16)2/h13-14H,5-12,17H2,1-4H3. The van der Waals surface area contributed by atoms with Crippen LogP contribution in [0.4, 0.5) is 0 Å². The number of nitrogens with zero attached hydrogens (tertiary/aromatic N) is 1. The minimum Gasteiger partial charge on any atom is -0.329 e. The molecule has 3 atom stereocenters. The van der Waals surface area contributed by atoms with Crippen molar-refractivity contribution in [2.75, 3.05) is 19.6 Å². The Hall–Kier alpha value is -0.0800. The number of hydrogen-bond donors (Lipinski definition) is 1. The fourth-order valence-corrected chi connectivity index (χ4v) is 4.63. The Labute approximate surface area is 113 Å². The van der Waals surface area contributed by atoms with Crippen LogP contribution < -0.4 is 5.73 Å². The highest BCUT2D eigenvalue weighted by atomic mass is 15.2. The molecule has 1 aliphatic heterocycles. The van der Waals surface area contributed by atoms with Crippen molar-refractivity contribution in [1.82, 2.24) is 4.90 Å². The van der Waals surface area contributed by atoms with Gasteiger partial charge in [-0.05, 0) is 62.4 Å². The molecule has 1 heterocycles. The Bertz CT molecular complexity index is 287. The van der Waals surface area contributed by atoms with Crippen molar-refractivity contribution < 1.29 is 0 Å². The van der Waals surface area contributed by atoms with E-state index < -0.39 is 0 Å². The van der Waals surface area contributed by atoms with Crippen LogP contribution >= 0.6 is 0 Å².